The third kappa shape index (κ3) is 5.49. The molecule has 1 saturated heterocycles. The highest BCUT2D eigenvalue weighted by Gasteiger charge is 2.35. The Morgan fingerprint density at radius 2 is 1.70 bits per heavy atom. The molecule has 0 saturated carbocycles. The minimum atomic E-state index is -0.309. The number of thioether (sulfide) groups is 1. The Hall–Kier alpha value is -3.01. The highest BCUT2D eigenvalue weighted by atomic mass is 127. The van der Waals surface area contributed by atoms with Crippen molar-refractivity contribution in [2.24, 2.45) is 0 Å². The summed E-state index contributed by atoms with van der Waals surface area (Å²) in [6.07, 6.45) is 1.72. The summed E-state index contributed by atoms with van der Waals surface area (Å²) in [7, 11) is 1.57. The van der Waals surface area contributed by atoms with Crippen molar-refractivity contribution in [3.63, 3.8) is 0 Å². The molecule has 0 radical (unpaired) electrons. The molecule has 0 spiro atoms. The third-order valence-electron chi connectivity index (χ3n) is 5.96. The van der Waals surface area contributed by atoms with Crippen molar-refractivity contribution >= 4 is 73.9 Å². The zero-order chi connectivity index (χ0) is 25.9. The number of carbonyl (C=O) groups is 2. The molecule has 8 heteroatoms. The SMILES string of the molecule is COc1cc(/C=C2/SC(=O)N(Cc3cccc4ccccc34)C2=O)cc(I)c1OCc1ccccc1Cl. The Labute approximate surface area is 237 Å². The molecule has 5 nitrogen and oxygen atoms in total. The number of carbonyl (C=O) groups excluding carboxylic acids is 2. The van der Waals surface area contributed by atoms with E-state index in [0.29, 0.717) is 28.0 Å². The summed E-state index contributed by atoms with van der Waals surface area (Å²) in [4.78, 5) is 27.7. The summed E-state index contributed by atoms with van der Waals surface area (Å²) in [5, 5.41) is 2.44. The second kappa shape index (κ2) is 11.2. The fourth-order valence-electron chi connectivity index (χ4n) is 4.12. The van der Waals surface area contributed by atoms with Gasteiger partial charge in [-0.2, -0.15) is 0 Å². The van der Waals surface area contributed by atoms with Gasteiger partial charge in [0.25, 0.3) is 11.1 Å². The molecular formula is C29H21ClINO4S. The maximum absolute atomic E-state index is 13.2. The van der Waals surface area contributed by atoms with Crippen molar-refractivity contribution in [1.29, 1.82) is 0 Å². The second-order valence-corrected chi connectivity index (χ2v) is 10.9. The van der Waals surface area contributed by atoms with Gasteiger partial charge in [0.15, 0.2) is 11.5 Å². The van der Waals surface area contributed by atoms with Gasteiger partial charge in [-0.15, -0.1) is 0 Å². The molecule has 0 aliphatic carbocycles. The number of halogens is 2. The Kier molecular flexibility index (Phi) is 7.73. The number of amides is 2. The van der Waals surface area contributed by atoms with Crippen LogP contribution in [0, 0.1) is 3.57 Å². The molecule has 1 aliphatic rings. The maximum atomic E-state index is 13.2. The van der Waals surface area contributed by atoms with Crippen molar-refractivity contribution in [1.82, 2.24) is 4.90 Å². The number of hydrogen-bond donors (Lipinski definition) is 0. The molecule has 0 N–H and O–H groups in total. The number of methoxy groups -OCH3 is 1. The smallest absolute Gasteiger partial charge is 0.293 e. The van der Waals surface area contributed by atoms with Crippen LogP contribution in [0.4, 0.5) is 4.79 Å². The van der Waals surface area contributed by atoms with E-state index in [1.807, 2.05) is 72.8 Å². The topological polar surface area (TPSA) is 55.8 Å². The van der Waals surface area contributed by atoms with E-state index in [2.05, 4.69) is 22.6 Å². The fraction of sp³-hybridized carbons (Fsp3) is 0.103. The van der Waals surface area contributed by atoms with Crippen LogP contribution in [0.15, 0.2) is 83.8 Å². The third-order valence-corrected chi connectivity index (χ3v) is 8.04. The normalized spacial score (nSPS) is 14.6. The first-order valence-electron chi connectivity index (χ1n) is 11.4. The minimum Gasteiger partial charge on any atom is -0.493 e. The van der Waals surface area contributed by atoms with E-state index in [9.17, 15) is 9.59 Å². The van der Waals surface area contributed by atoms with Crippen LogP contribution in [0.5, 0.6) is 11.5 Å². The Morgan fingerprint density at radius 3 is 2.51 bits per heavy atom. The number of fused-ring (bicyclic) bond motifs is 1. The molecule has 1 aliphatic heterocycles. The molecule has 5 rings (SSSR count). The lowest BCUT2D eigenvalue weighted by molar-refractivity contribution is -0.123. The summed E-state index contributed by atoms with van der Waals surface area (Å²) < 4.78 is 12.4. The molecule has 0 aromatic heterocycles. The summed E-state index contributed by atoms with van der Waals surface area (Å²) in [6, 6.07) is 25.0. The maximum Gasteiger partial charge on any atom is 0.293 e. The standard InChI is InChI=1S/C29H21ClINO4S/c1-35-25-14-18(13-24(31)27(25)36-17-21-8-3-5-12-23(21)30)15-26-28(33)32(29(34)37-26)16-20-10-6-9-19-7-2-4-11-22(19)20/h2-15H,16-17H2,1H3/b26-15+. The van der Waals surface area contributed by atoms with E-state index in [1.165, 1.54) is 4.90 Å². The van der Waals surface area contributed by atoms with Crippen LogP contribution in [0.25, 0.3) is 16.8 Å². The van der Waals surface area contributed by atoms with Crippen molar-refractivity contribution in [3.8, 4) is 11.5 Å². The first kappa shape index (κ1) is 25.6. The van der Waals surface area contributed by atoms with Crippen molar-refractivity contribution in [2.75, 3.05) is 7.11 Å². The summed E-state index contributed by atoms with van der Waals surface area (Å²) in [5.74, 6) is 0.806. The average molecular weight is 642 g/mol. The predicted molar refractivity (Wildman–Crippen MR) is 157 cm³/mol. The van der Waals surface area contributed by atoms with Crippen LogP contribution in [0.2, 0.25) is 5.02 Å². The number of imide groups is 1. The van der Waals surface area contributed by atoms with Gasteiger partial charge in [-0.25, -0.2) is 0 Å². The van der Waals surface area contributed by atoms with Crippen LogP contribution in [-0.4, -0.2) is 23.2 Å². The van der Waals surface area contributed by atoms with E-state index in [4.69, 9.17) is 21.1 Å². The Bertz CT molecular complexity index is 1550. The molecule has 1 heterocycles. The molecule has 0 bridgehead atoms. The first-order chi connectivity index (χ1) is 17.9. The van der Waals surface area contributed by atoms with E-state index >= 15 is 0 Å². The van der Waals surface area contributed by atoms with E-state index < -0.39 is 0 Å². The van der Waals surface area contributed by atoms with Crippen molar-refractivity contribution < 1.29 is 19.1 Å². The van der Waals surface area contributed by atoms with Gasteiger partial charge in [-0.05, 0) is 80.5 Å². The van der Waals surface area contributed by atoms with Gasteiger partial charge in [0.2, 0.25) is 0 Å². The molecule has 186 valence electrons. The van der Waals surface area contributed by atoms with Crippen LogP contribution in [0.3, 0.4) is 0 Å². The largest absolute Gasteiger partial charge is 0.493 e. The monoisotopic (exact) mass is 641 g/mol. The van der Waals surface area contributed by atoms with Crippen LogP contribution >= 0.6 is 46.0 Å². The van der Waals surface area contributed by atoms with Gasteiger partial charge in [0, 0.05) is 10.6 Å². The lowest BCUT2D eigenvalue weighted by Crippen LogP contribution is -2.27. The highest BCUT2D eigenvalue weighted by molar-refractivity contribution is 14.1. The second-order valence-electron chi connectivity index (χ2n) is 8.32. The van der Waals surface area contributed by atoms with E-state index in [1.54, 1.807) is 19.3 Å². The van der Waals surface area contributed by atoms with Gasteiger partial charge in [-0.1, -0.05) is 72.3 Å². The molecule has 4 aromatic carbocycles. The zero-order valence-corrected chi connectivity index (χ0v) is 23.5. The highest BCUT2D eigenvalue weighted by Crippen LogP contribution is 2.38. The summed E-state index contributed by atoms with van der Waals surface area (Å²) in [6.45, 7) is 0.511. The summed E-state index contributed by atoms with van der Waals surface area (Å²) >= 11 is 9.37. The first-order valence-corrected chi connectivity index (χ1v) is 13.7. The van der Waals surface area contributed by atoms with Crippen LogP contribution < -0.4 is 9.47 Å². The van der Waals surface area contributed by atoms with Gasteiger partial charge in [-0.3, -0.25) is 14.5 Å². The Balaban J connectivity index is 1.37. The minimum absolute atomic E-state index is 0.221. The number of rotatable bonds is 7. The molecule has 1 fully saturated rings. The fourth-order valence-corrected chi connectivity index (χ4v) is 5.93. The van der Waals surface area contributed by atoms with Gasteiger partial charge in [0.1, 0.15) is 6.61 Å². The molecular weight excluding hydrogens is 621 g/mol. The number of hydrogen-bond acceptors (Lipinski definition) is 5. The van der Waals surface area contributed by atoms with Crippen LogP contribution in [0.1, 0.15) is 16.7 Å². The predicted octanol–water partition coefficient (Wildman–Crippen LogP) is 7.92. The van der Waals surface area contributed by atoms with Crippen LogP contribution in [-0.2, 0) is 17.9 Å². The Morgan fingerprint density at radius 1 is 0.973 bits per heavy atom. The quantitative estimate of drug-likeness (QED) is 0.152. The lowest BCUT2D eigenvalue weighted by atomic mass is 10.0. The van der Waals surface area contributed by atoms with E-state index in [0.717, 1.165) is 42.8 Å². The number of benzene rings is 4. The molecule has 4 aromatic rings. The van der Waals surface area contributed by atoms with Crippen molar-refractivity contribution in [3.05, 3.63) is 109 Å². The lowest BCUT2D eigenvalue weighted by Gasteiger charge is -2.15. The molecule has 0 unspecified atom stereocenters. The van der Waals surface area contributed by atoms with Gasteiger partial charge >= 0.3 is 0 Å². The summed E-state index contributed by atoms with van der Waals surface area (Å²) in [5.41, 5.74) is 2.53. The van der Waals surface area contributed by atoms with Gasteiger partial charge < -0.3 is 9.47 Å². The van der Waals surface area contributed by atoms with E-state index in [-0.39, 0.29) is 17.7 Å². The number of ether oxygens (including phenoxy) is 2. The zero-order valence-electron chi connectivity index (χ0n) is 19.7. The molecule has 37 heavy (non-hydrogen) atoms. The van der Waals surface area contributed by atoms with Gasteiger partial charge in [0.05, 0.1) is 22.1 Å². The molecule has 2 amide bonds. The number of nitrogens with zero attached hydrogens (tertiary/aromatic N) is 1. The average Bonchev–Trinajstić information content (AvgIpc) is 3.16. The van der Waals surface area contributed by atoms with Crippen molar-refractivity contribution in [2.45, 2.75) is 13.2 Å². The molecule has 0 atom stereocenters.